The summed E-state index contributed by atoms with van der Waals surface area (Å²) in [6.07, 6.45) is 0. The molecule has 0 aliphatic heterocycles. The van der Waals surface area contributed by atoms with Gasteiger partial charge < -0.3 is 11.1 Å². The van der Waals surface area contributed by atoms with Gasteiger partial charge in [-0.1, -0.05) is 18.2 Å². The van der Waals surface area contributed by atoms with E-state index in [4.69, 9.17) is 5.73 Å². The molecule has 1 aromatic heterocycles. The molecule has 0 saturated carbocycles. The van der Waals surface area contributed by atoms with Crippen molar-refractivity contribution in [1.29, 1.82) is 0 Å². The standard InChI is InChI=1S/C16H16N4O/c1-10-7-8-11(17)9-14(10)19-16-18-13-6-4-3-5-12(13)15(21)20(16)2/h3-9H,17H2,1-2H3,(H,18,19). The topological polar surface area (TPSA) is 72.9 Å². The first-order valence-corrected chi connectivity index (χ1v) is 6.65. The van der Waals surface area contributed by atoms with E-state index in [9.17, 15) is 4.79 Å². The lowest BCUT2D eigenvalue weighted by Gasteiger charge is -2.13. The van der Waals surface area contributed by atoms with Crippen LogP contribution in [0.4, 0.5) is 17.3 Å². The summed E-state index contributed by atoms with van der Waals surface area (Å²) in [5.41, 5.74) is 8.94. The number of hydrogen-bond donors (Lipinski definition) is 2. The van der Waals surface area contributed by atoms with Gasteiger partial charge in [0, 0.05) is 18.4 Å². The first-order valence-electron chi connectivity index (χ1n) is 6.65. The Morgan fingerprint density at radius 1 is 1.19 bits per heavy atom. The van der Waals surface area contributed by atoms with Gasteiger partial charge in [-0.05, 0) is 36.8 Å². The lowest BCUT2D eigenvalue weighted by atomic mass is 10.2. The Morgan fingerprint density at radius 2 is 1.95 bits per heavy atom. The maximum absolute atomic E-state index is 12.3. The molecule has 0 atom stereocenters. The highest BCUT2D eigenvalue weighted by molar-refractivity contribution is 5.79. The first kappa shape index (κ1) is 13.2. The molecule has 0 spiro atoms. The van der Waals surface area contributed by atoms with Gasteiger partial charge in [-0.3, -0.25) is 9.36 Å². The van der Waals surface area contributed by atoms with Crippen molar-refractivity contribution in [3.05, 3.63) is 58.4 Å². The number of nitrogens with two attached hydrogens (primary N) is 1. The van der Waals surface area contributed by atoms with Crippen molar-refractivity contribution in [3.63, 3.8) is 0 Å². The van der Waals surface area contributed by atoms with E-state index in [1.165, 1.54) is 4.57 Å². The van der Waals surface area contributed by atoms with Gasteiger partial charge in [0.2, 0.25) is 5.95 Å². The van der Waals surface area contributed by atoms with Crippen LogP contribution >= 0.6 is 0 Å². The minimum atomic E-state index is -0.0790. The molecule has 5 nitrogen and oxygen atoms in total. The maximum Gasteiger partial charge on any atom is 0.262 e. The molecule has 0 bridgehead atoms. The van der Waals surface area contributed by atoms with Crippen LogP contribution in [0.25, 0.3) is 10.9 Å². The monoisotopic (exact) mass is 280 g/mol. The van der Waals surface area contributed by atoms with Crippen molar-refractivity contribution in [2.24, 2.45) is 7.05 Å². The largest absolute Gasteiger partial charge is 0.399 e. The van der Waals surface area contributed by atoms with Crippen molar-refractivity contribution < 1.29 is 0 Å². The number of rotatable bonds is 2. The summed E-state index contributed by atoms with van der Waals surface area (Å²) in [4.78, 5) is 16.9. The van der Waals surface area contributed by atoms with Gasteiger partial charge in [-0.25, -0.2) is 4.98 Å². The first-order chi connectivity index (χ1) is 10.1. The molecule has 21 heavy (non-hydrogen) atoms. The molecule has 0 saturated heterocycles. The van der Waals surface area contributed by atoms with Crippen molar-refractivity contribution in [2.45, 2.75) is 6.92 Å². The molecule has 5 heteroatoms. The van der Waals surface area contributed by atoms with Crippen LogP contribution < -0.4 is 16.6 Å². The van der Waals surface area contributed by atoms with Crippen molar-refractivity contribution in [2.75, 3.05) is 11.1 Å². The molecule has 0 aliphatic rings. The van der Waals surface area contributed by atoms with Crippen molar-refractivity contribution in [3.8, 4) is 0 Å². The summed E-state index contributed by atoms with van der Waals surface area (Å²) >= 11 is 0. The van der Waals surface area contributed by atoms with Gasteiger partial charge >= 0.3 is 0 Å². The molecule has 0 radical (unpaired) electrons. The predicted molar refractivity (Wildman–Crippen MR) is 85.9 cm³/mol. The minimum Gasteiger partial charge on any atom is -0.399 e. The SMILES string of the molecule is Cc1ccc(N)cc1Nc1nc2ccccc2c(=O)n1C. The van der Waals surface area contributed by atoms with E-state index < -0.39 is 0 Å². The Labute approximate surface area is 122 Å². The summed E-state index contributed by atoms with van der Waals surface area (Å²) in [7, 11) is 1.70. The van der Waals surface area contributed by atoms with Crippen LogP contribution in [0.2, 0.25) is 0 Å². The fourth-order valence-corrected chi connectivity index (χ4v) is 2.22. The number of nitrogens with zero attached hydrogens (tertiary/aromatic N) is 2. The third kappa shape index (κ3) is 2.33. The third-order valence-electron chi connectivity index (χ3n) is 3.49. The number of nitrogen functional groups attached to an aromatic ring is 1. The van der Waals surface area contributed by atoms with Crippen LogP contribution in [-0.4, -0.2) is 9.55 Å². The Hall–Kier alpha value is -2.82. The van der Waals surface area contributed by atoms with Gasteiger partial charge in [0.15, 0.2) is 0 Å². The second-order valence-corrected chi connectivity index (χ2v) is 5.02. The Bertz CT molecular complexity index is 883. The Balaban J connectivity index is 2.15. The van der Waals surface area contributed by atoms with E-state index in [1.54, 1.807) is 13.1 Å². The number of aryl methyl sites for hydroxylation is 1. The van der Waals surface area contributed by atoms with Crippen LogP contribution in [0.3, 0.4) is 0 Å². The summed E-state index contributed by atoms with van der Waals surface area (Å²) in [5.74, 6) is 0.493. The summed E-state index contributed by atoms with van der Waals surface area (Å²) in [6.45, 7) is 1.97. The molecular weight excluding hydrogens is 264 g/mol. The average molecular weight is 280 g/mol. The third-order valence-corrected chi connectivity index (χ3v) is 3.49. The normalized spacial score (nSPS) is 10.8. The van der Waals surface area contributed by atoms with Crippen LogP contribution in [0, 0.1) is 6.92 Å². The quantitative estimate of drug-likeness (QED) is 0.708. The van der Waals surface area contributed by atoms with E-state index in [2.05, 4.69) is 10.3 Å². The van der Waals surface area contributed by atoms with E-state index >= 15 is 0 Å². The van der Waals surface area contributed by atoms with Gasteiger partial charge in [0.05, 0.1) is 10.9 Å². The molecule has 2 aromatic carbocycles. The molecule has 3 rings (SSSR count). The molecule has 3 N–H and O–H groups in total. The molecule has 1 heterocycles. The smallest absolute Gasteiger partial charge is 0.262 e. The number of anilines is 3. The summed E-state index contributed by atoms with van der Waals surface area (Å²) in [6, 6.07) is 12.9. The lowest BCUT2D eigenvalue weighted by molar-refractivity contribution is 0.856. The van der Waals surface area contributed by atoms with Crippen LogP contribution in [0.5, 0.6) is 0 Å². The molecule has 0 amide bonds. The van der Waals surface area contributed by atoms with E-state index in [0.717, 1.165) is 11.3 Å². The van der Waals surface area contributed by atoms with Gasteiger partial charge in [0.25, 0.3) is 5.56 Å². The second kappa shape index (κ2) is 4.94. The maximum atomic E-state index is 12.3. The number of nitrogens with one attached hydrogen (secondary N) is 1. The highest BCUT2D eigenvalue weighted by atomic mass is 16.1. The van der Waals surface area contributed by atoms with Crippen LogP contribution in [-0.2, 0) is 7.05 Å². The lowest BCUT2D eigenvalue weighted by Crippen LogP contribution is -2.21. The summed E-state index contributed by atoms with van der Waals surface area (Å²) in [5, 5.41) is 3.79. The van der Waals surface area contributed by atoms with Crippen molar-refractivity contribution in [1.82, 2.24) is 9.55 Å². The number of para-hydroxylation sites is 1. The van der Waals surface area contributed by atoms with E-state index in [-0.39, 0.29) is 5.56 Å². The number of fused-ring (bicyclic) bond motifs is 1. The number of aromatic nitrogens is 2. The Morgan fingerprint density at radius 3 is 2.76 bits per heavy atom. The molecule has 0 unspecified atom stereocenters. The molecule has 0 fully saturated rings. The van der Waals surface area contributed by atoms with Crippen LogP contribution in [0.15, 0.2) is 47.3 Å². The molecule has 0 aliphatic carbocycles. The van der Waals surface area contributed by atoms with Crippen molar-refractivity contribution >= 4 is 28.2 Å². The molecular formula is C16H16N4O. The Kier molecular flexibility index (Phi) is 3.10. The minimum absolute atomic E-state index is 0.0790. The second-order valence-electron chi connectivity index (χ2n) is 5.02. The van der Waals surface area contributed by atoms with Gasteiger partial charge in [-0.2, -0.15) is 0 Å². The van der Waals surface area contributed by atoms with Crippen LogP contribution in [0.1, 0.15) is 5.56 Å². The number of hydrogen-bond acceptors (Lipinski definition) is 4. The average Bonchev–Trinajstić information content (AvgIpc) is 2.48. The molecule has 106 valence electrons. The fourth-order valence-electron chi connectivity index (χ4n) is 2.22. The van der Waals surface area contributed by atoms with E-state index in [0.29, 0.717) is 22.5 Å². The van der Waals surface area contributed by atoms with Gasteiger partial charge in [-0.15, -0.1) is 0 Å². The zero-order chi connectivity index (χ0) is 15.0. The van der Waals surface area contributed by atoms with E-state index in [1.807, 2.05) is 43.3 Å². The number of benzene rings is 2. The highest BCUT2D eigenvalue weighted by Gasteiger charge is 2.09. The zero-order valence-electron chi connectivity index (χ0n) is 11.9. The highest BCUT2D eigenvalue weighted by Crippen LogP contribution is 2.22. The zero-order valence-corrected chi connectivity index (χ0v) is 11.9. The predicted octanol–water partition coefficient (Wildman–Crippen LogP) is 2.57. The fraction of sp³-hybridized carbons (Fsp3) is 0.125. The summed E-state index contributed by atoms with van der Waals surface area (Å²) < 4.78 is 1.50. The molecule has 3 aromatic rings. The van der Waals surface area contributed by atoms with Gasteiger partial charge in [0.1, 0.15) is 0 Å².